The Hall–Kier alpha value is -1.26. The number of hydrogen-bond acceptors (Lipinski definition) is 3. The van der Waals surface area contributed by atoms with Crippen molar-refractivity contribution in [3.63, 3.8) is 0 Å². The lowest BCUT2D eigenvalue weighted by Crippen LogP contribution is -2.11. The number of carbonyl (C=O) groups is 1. The summed E-state index contributed by atoms with van der Waals surface area (Å²) in [6, 6.07) is 3.79. The number of esters is 1. The van der Waals surface area contributed by atoms with Crippen LogP contribution in [-0.2, 0) is 9.53 Å². The number of benzene rings is 1. The smallest absolute Gasteiger partial charge is 0.302 e. The zero-order valence-electron chi connectivity index (χ0n) is 11.4. The zero-order valence-corrected chi connectivity index (χ0v) is 12.9. The molecular weight excluding hydrogens is 311 g/mol. The molecule has 1 fully saturated rings. The van der Waals surface area contributed by atoms with Gasteiger partial charge in [-0.2, -0.15) is 0 Å². The van der Waals surface area contributed by atoms with E-state index in [1.807, 2.05) is 6.07 Å². The molecule has 1 saturated carbocycles. The van der Waals surface area contributed by atoms with Crippen LogP contribution in [0.1, 0.15) is 19.4 Å². The second-order valence-electron chi connectivity index (χ2n) is 5.16. The Balaban J connectivity index is 1.79. The van der Waals surface area contributed by atoms with Crippen LogP contribution in [0.25, 0.3) is 11.0 Å². The highest BCUT2D eigenvalue weighted by atomic mass is 35.5. The second-order valence-corrected chi connectivity index (χ2v) is 5.97. The maximum Gasteiger partial charge on any atom is 0.302 e. The number of carbonyl (C=O) groups excluding carboxylic acids is 1. The van der Waals surface area contributed by atoms with Crippen molar-refractivity contribution in [2.75, 3.05) is 6.61 Å². The average Bonchev–Trinajstić information content (AvgIpc) is 3.03. The van der Waals surface area contributed by atoms with Gasteiger partial charge in [-0.3, -0.25) is 4.79 Å². The van der Waals surface area contributed by atoms with Crippen LogP contribution in [0.3, 0.4) is 0 Å². The van der Waals surface area contributed by atoms with Crippen molar-refractivity contribution >= 4 is 40.2 Å². The number of aromatic nitrogens is 2. The van der Waals surface area contributed by atoms with Crippen LogP contribution >= 0.6 is 23.2 Å². The minimum atomic E-state index is -0.249. The van der Waals surface area contributed by atoms with Crippen molar-refractivity contribution in [1.82, 2.24) is 9.55 Å². The van der Waals surface area contributed by atoms with E-state index in [4.69, 9.17) is 27.9 Å². The normalized spacial score (nSPS) is 21.9. The molecule has 0 saturated heterocycles. The largest absolute Gasteiger partial charge is 0.466 e. The number of nitrogens with zero attached hydrogens (tertiary/aromatic N) is 2. The Labute approximate surface area is 133 Å². The summed E-state index contributed by atoms with van der Waals surface area (Å²) in [5.74, 6) is -0.0134. The third-order valence-electron chi connectivity index (χ3n) is 3.62. The monoisotopic (exact) mass is 324 g/mol. The van der Waals surface area contributed by atoms with E-state index < -0.39 is 0 Å². The van der Waals surface area contributed by atoms with E-state index in [1.165, 1.54) is 6.92 Å². The van der Waals surface area contributed by atoms with Gasteiger partial charge in [0, 0.05) is 13.0 Å². The van der Waals surface area contributed by atoms with Gasteiger partial charge < -0.3 is 9.30 Å². The first kappa shape index (κ1) is 14.7. The fourth-order valence-corrected chi connectivity index (χ4v) is 2.91. The Bertz CT molecular complexity index is 684. The van der Waals surface area contributed by atoms with E-state index in [9.17, 15) is 4.79 Å². The van der Waals surface area contributed by atoms with Crippen LogP contribution < -0.4 is 0 Å². The highest BCUT2D eigenvalue weighted by Crippen LogP contribution is 2.36. The molecule has 4 nitrogen and oxygen atoms in total. The van der Waals surface area contributed by atoms with Crippen molar-refractivity contribution in [3.8, 4) is 0 Å². The summed E-state index contributed by atoms with van der Waals surface area (Å²) in [6.07, 6.45) is 6.86. The van der Waals surface area contributed by atoms with Gasteiger partial charge >= 0.3 is 5.97 Å². The summed E-state index contributed by atoms with van der Waals surface area (Å²) in [4.78, 5) is 15.2. The molecule has 0 N–H and O–H groups in total. The first-order chi connectivity index (χ1) is 10.0. The van der Waals surface area contributed by atoms with Gasteiger partial charge in [-0.05, 0) is 37.3 Å². The molecule has 3 rings (SSSR count). The first-order valence-electron chi connectivity index (χ1n) is 6.68. The summed E-state index contributed by atoms with van der Waals surface area (Å²) in [6.45, 7) is 1.84. The molecule has 0 bridgehead atoms. The van der Waals surface area contributed by atoms with Crippen LogP contribution in [0.4, 0.5) is 0 Å². The molecule has 0 unspecified atom stereocenters. The van der Waals surface area contributed by atoms with Crippen molar-refractivity contribution < 1.29 is 9.53 Å². The molecule has 1 aromatic carbocycles. The Morgan fingerprint density at radius 3 is 2.90 bits per heavy atom. The lowest BCUT2D eigenvalue weighted by atomic mass is 10.1. The molecule has 110 valence electrons. The number of halogens is 2. The number of imidazole rings is 1. The Morgan fingerprint density at radius 2 is 2.14 bits per heavy atom. The van der Waals surface area contributed by atoms with Gasteiger partial charge in [0.15, 0.2) is 0 Å². The number of hydrogen-bond donors (Lipinski definition) is 0. The number of ether oxygens (including phenoxy) is 1. The fourth-order valence-electron chi connectivity index (χ4n) is 2.59. The predicted octanol–water partition coefficient (Wildman–Crippen LogP) is 3.88. The lowest BCUT2D eigenvalue weighted by molar-refractivity contribution is -0.141. The van der Waals surface area contributed by atoms with Gasteiger partial charge in [0.25, 0.3) is 0 Å². The second kappa shape index (κ2) is 5.85. The van der Waals surface area contributed by atoms with E-state index in [0.717, 1.165) is 17.5 Å². The average molecular weight is 325 g/mol. The molecule has 1 aromatic heterocycles. The van der Waals surface area contributed by atoms with E-state index in [2.05, 4.69) is 22.4 Å². The van der Waals surface area contributed by atoms with Crippen LogP contribution in [0.2, 0.25) is 10.0 Å². The number of fused-ring (bicyclic) bond motifs is 1. The molecule has 1 aliphatic carbocycles. The van der Waals surface area contributed by atoms with Crippen molar-refractivity contribution in [2.24, 2.45) is 5.92 Å². The van der Waals surface area contributed by atoms with Gasteiger partial charge in [0.1, 0.15) is 0 Å². The quantitative estimate of drug-likeness (QED) is 0.805. The van der Waals surface area contributed by atoms with E-state index in [0.29, 0.717) is 16.7 Å². The Kier molecular flexibility index (Phi) is 4.09. The molecule has 21 heavy (non-hydrogen) atoms. The summed E-state index contributed by atoms with van der Waals surface area (Å²) in [7, 11) is 0. The van der Waals surface area contributed by atoms with Crippen molar-refractivity contribution in [3.05, 3.63) is 41.3 Å². The summed E-state index contributed by atoms with van der Waals surface area (Å²) >= 11 is 12.1. The third kappa shape index (κ3) is 3.01. The molecule has 0 aliphatic heterocycles. The van der Waals surface area contributed by atoms with Crippen LogP contribution in [0.5, 0.6) is 0 Å². The van der Waals surface area contributed by atoms with Crippen LogP contribution in [0, 0.1) is 18.8 Å². The Morgan fingerprint density at radius 1 is 1.38 bits per heavy atom. The van der Waals surface area contributed by atoms with E-state index in [1.54, 1.807) is 12.4 Å². The zero-order chi connectivity index (χ0) is 15.0. The minimum absolute atomic E-state index is 0.188. The molecule has 0 amide bonds. The molecular formula is C15H14Cl2N2O2. The molecule has 0 spiro atoms. The van der Waals surface area contributed by atoms with Gasteiger partial charge in [0.2, 0.25) is 0 Å². The van der Waals surface area contributed by atoms with Gasteiger partial charge in [-0.25, -0.2) is 4.98 Å². The topological polar surface area (TPSA) is 44.1 Å². The molecule has 2 radical (unpaired) electrons. The first-order valence-corrected chi connectivity index (χ1v) is 7.43. The highest BCUT2D eigenvalue weighted by Gasteiger charge is 2.28. The van der Waals surface area contributed by atoms with Gasteiger partial charge in [-0.15, -0.1) is 0 Å². The third-order valence-corrected chi connectivity index (χ3v) is 4.35. The summed E-state index contributed by atoms with van der Waals surface area (Å²) in [5.41, 5.74) is 1.77. The SMILES string of the molecule is CC(=O)OC[C@H]1[CH][CH][C@H](n2cnc3cc(Cl)c(Cl)cc32)C1. The molecule has 1 heterocycles. The van der Waals surface area contributed by atoms with Crippen molar-refractivity contribution in [2.45, 2.75) is 19.4 Å². The highest BCUT2D eigenvalue weighted by molar-refractivity contribution is 6.42. The molecule has 2 atom stereocenters. The summed E-state index contributed by atoms with van der Waals surface area (Å²) < 4.78 is 7.13. The van der Waals surface area contributed by atoms with E-state index in [-0.39, 0.29) is 17.9 Å². The fraction of sp³-hybridized carbons (Fsp3) is 0.333. The molecule has 6 heteroatoms. The molecule has 1 aliphatic rings. The van der Waals surface area contributed by atoms with E-state index >= 15 is 0 Å². The van der Waals surface area contributed by atoms with Crippen LogP contribution in [-0.4, -0.2) is 22.1 Å². The van der Waals surface area contributed by atoms with Crippen LogP contribution in [0.15, 0.2) is 18.5 Å². The minimum Gasteiger partial charge on any atom is -0.466 e. The maximum absolute atomic E-state index is 10.9. The molecule has 2 aromatic rings. The lowest BCUT2D eigenvalue weighted by Gasteiger charge is -2.14. The van der Waals surface area contributed by atoms with Gasteiger partial charge in [-0.1, -0.05) is 23.2 Å². The maximum atomic E-state index is 10.9. The van der Waals surface area contributed by atoms with Crippen molar-refractivity contribution in [1.29, 1.82) is 0 Å². The van der Waals surface area contributed by atoms with Gasteiger partial charge in [0.05, 0.1) is 34.0 Å². The standard InChI is InChI=1S/C15H14Cl2N2O2/c1-9(20)21-7-10-2-3-11(4-10)19-8-18-14-5-12(16)13(17)6-15(14)19/h2-3,5-6,8,10-11H,4,7H2,1H3/t10-,11-/m0/s1. The predicted molar refractivity (Wildman–Crippen MR) is 82.1 cm³/mol. The summed E-state index contributed by atoms with van der Waals surface area (Å²) in [5, 5.41) is 1.02. The number of rotatable bonds is 3.